The van der Waals surface area contributed by atoms with Gasteiger partial charge in [0.2, 0.25) is 5.91 Å². The van der Waals surface area contributed by atoms with Crippen LogP contribution in [-0.2, 0) is 9.59 Å². The number of anilines is 1. The van der Waals surface area contributed by atoms with E-state index >= 15 is 0 Å². The van der Waals surface area contributed by atoms with Crippen molar-refractivity contribution in [2.24, 2.45) is 35.5 Å². The summed E-state index contributed by atoms with van der Waals surface area (Å²) in [6.45, 7) is 0. The third-order valence-electron chi connectivity index (χ3n) is 5.45. The van der Waals surface area contributed by atoms with Crippen LogP contribution in [0.3, 0.4) is 0 Å². The Labute approximate surface area is 143 Å². The molecule has 6 atom stereocenters. The van der Waals surface area contributed by atoms with E-state index in [0.717, 1.165) is 6.42 Å². The molecule has 6 heteroatoms. The number of benzene rings is 1. The molecule has 2 N–H and O–H groups in total. The number of carbonyl (C=O) groups is 2. The second-order valence-corrected chi connectivity index (χ2v) is 7.37. The summed E-state index contributed by atoms with van der Waals surface area (Å²) in [5.41, 5.74) is 0.422. The van der Waals surface area contributed by atoms with Gasteiger partial charge < -0.3 is 10.4 Å². The van der Waals surface area contributed by atoms with Crippen LogP contribution in [-0.4, -0.2) is 17.0 Å². The van der Waals surface area contributed by atoms with E-state index in [-0.39, 0.29) is 22.8 Å². The SMILES string of the molecule is O=C(O)[C@@H]1[C@H]2C=C[C@@H]([C@@H]3C[C@@H]23)[C@@H]1C(=O)Nc1cccc(Cl)c1Cl. The fourth-order valence-corrected chi connectivity index (χ4v) is 4.73. The lowest BCUT2D eigenvalue weighted by Crippen LogP contribution is -2.48. The Morgan fingerprint density at radius 3 is 2.39 bits per heavy atom. The zero-order chi connectivity index (χ0) is 16.3. The maximum atomic E-state index is 12.8. The van der Waals surface area contributed by atoms with Crippen molar-refractivity contribution in [3.8, 4) is 0 Å². The number of carbonyl (C=O) groups excluding carboxylic acids is 1. The zero-order valence-electron chi connectivity index (χ0n) is 12.1. The Balaban J connectivity index is 1.63. The molecule has 0 heterocycles. The largest absolute Gasteiger partial charge is 0.481 e. The highest BCUT2D eigenvalue weighted by molar-refractivity contribution is 6.44. The summed E-state index contributed by atoms with van der Waals surface area (Å²) in [5, 5.41) is 13.0. The van der Waals surface area contributed by atoms with Crippen LogP contribution in [0.1, 0.15) is 6.42 Å². The third kappa shape index (κ3) is 2.27. The minimum absolute atomic E-state index is 0.00376. The molecule has 5 rings (SSSR count). The molecular weight excluding hydrogens is 337 g/mol. The molecule has 0 spiro atoms. The summed E-state index contributed by atoms with van der Waals surface area (Å²) in [6, 6.07) is 5.00. The Hall–Kier alpha value is -1.52. The monoisotopic (exact) mass is 351 g/mol. The minimum atomic E-state index is -0.896. The van der Waals surface area contributed by atoms with Gasteiger partial charge in [0.15, 0.2) is 0 Å². The van der Waals surface area contributed by atoms with Crippen molar-refractivity contribution in [2.75, 3.05) is 5.32 Å². The average Bonchev–Trinajstić information content (AvgIpc) is 3.33. The molecule has 2 fully saturated rings. The first kappa shape index (κ1) is 15.0. The van der Waals surface area contributed by atoms with Gasteiger partial charge in [-0.05, 0) is 42.2 Å². The lowest BCUT2D eigenvalue weighted by Gasteiger charge is -2.41. The maximum absolute atomic E-state index is 12.8. The molecule has 120 valence electrons. The molecule has 1 amide bonds. The van der Waals surface area contributed by atoms with Crippen molar-refractivity contribution < 1.29 is 14.7 Å². The lowest BCUT2D eigenvalue weighted by atomic mass is 9.62. The number of allylic oxidation sites excluding steroid dienone is 2. The number of carboxylic acids is 1. The van der Waals surface area contributed by atoms with Crippen molar-refractivity contribution in [1.82, 2.24) is 0 Å². The summed E-state index contributed by atoms with van der Waals surface area (Å²) in [4.78, 5) is 24.5. The van der Waals surface area contributed by atoms with Crippen molar-refractivity contribution in [2.45, 2.75) is 6.42 Å². The summed E-state index contributed by atoms with van der Waals surface area (Å²) in [5.74, 6) is -1.54. The van der Waals surface area contributed by atoms with Gasteiger partial charge in [-0.25, -0.2) is 0 Å². The zero-order valence-corrected chi connectivity index (χ0v) is 13.6. The quantitative estimate of drug-likeness (QED) is 0.816. The van der Waals surface area contributed by atoms with Crippen LogP contribution in [0.4, 0.5) is 5.69 Å². The molecule has 0 saturated heterocycles. The molecule has 0 unspecified atom stereocenters. The number of rotatable bonds is 3. The Morgan fingerprint density at radius 2 is 1.74 bits per heavy atom. The summed E-state index contributed by atoms with van der Waals surface area (Å²) < 4.78 is 0. The number of fused-ring (bicyclic) bond motifs is 1. The van der Waals surface area contributed by atoms with E-state index in [1.165, 1.54) is 0 Å². The first-order valence-corrected chi connectivity index (χ1v) is 8.40. The van der Waals surface area contributed by atoms with E-state index in [0.29, 0.717) is 22.5 Å². The highest BCUT2D eigenvalue weighted by Crippen LogP contribution is 2.63. The molecular formula is C17H15Cl2NO3. The van der Waals surface area contributed by atoms with Gasteiger partial charge in [-0.1, -0.05) is 41.4 Å². The van der Waals surface area contributed by atoms with Crippen LogP contribution in [0.5, 0.6) is 0 Å². The summed E-state index contributed by atoms with van der Waals surface area (Å²) in [6.07, 6.45) is 5.05. The number of aliphatic carboxylic acids is 1. The Kier molecular flexibility index (Phi) is 3.43. The van der Waals surface area contributed by atoms with Gasteiger partial charge in [0.1, 0.15) is 0 Å². The van der Waals surface area contributed by atoms with E-state index in [2.05, 4.69) is 5.32 Å². The van der Waals surface area contributed by atoms with Crippen LogP contribution in [0, 0.1) is 35.5 Å². The number of hydrogen-bond acceptors (Lipinski definition) is 2. The van der Waals surface area contributed by atoms with E-state index in [1.54, 1.807) is 18.2 Å². The maximum Gasteiger partial charge on any atom is 0.307 e. The summed E-state index contributed by atoms with van der Waals surface area (Å²) in [7, 11) is 0. The van der Waals surface area contributed by atoms with Gasteiger partial charge in [-0.2, -0.15) is 0 Å². The van der Waals surface area contributed by atoms with Gasteiger partial charge in [0, 0.05) is 0 Å². The van der Waals surface area contributed by atoms with Gasteiger partial charge in [0.05, 0.1) is 27.6 Å². The number of halogens is 2. The van der Waals surface area contributed by atoms with E-state index in [9.17, 15) is 14.7 Å². The standard InChI is InChI=1S/C17H15Cl2NO3/c18-11-2-1-3-12(15(11)19)20-16(21)13-7-4-5-8(10-6-9(7)10)14(13)17(22)23/h1-5,7-10,13-14H,6H2,(H,20,21)(H,22,23)/t7-,8-,9-,10-,13-,14+/m0/s1. The van der Waals surface area contributed by atoms with Gasteiger partial charge in [-0.15, -0.1) is 0 Å². The molecule has 1 aromatic rings. The molecule has 0 radical (unpaired) electrons. The third-order valence-corrected chi connectivity index (χ3v) is 6.27. The van der Waals surface area contributed by atoms with Gasteiger partial charge >= 0.3 is 5.97 Å². The second kappa shape index (κ2) is 5.25. The molecule has 4 nitrogen and oxygen atoms in total. The van der Waals surface area contributed by atoms with Crippen molar-refractivity contribution >= 4 is 40.8 Å². The van der Waals surface area contributed by atoms with Crippen LogP contribution in [0.2, 0.25) is 10.0 Å². The lowest BCUT2D eigenvalue weighted by molar-refractivity contribution is -0.152. The predicted molar refractivity (Wildman–Crippen MR) is 87.4 cm³/mol. The molecule has 4 aliphatic rings. The van der Waals surface area contributed by atoms with E-state index < -0.39 is 17.8 Å². The molecule has 2 saturated carbocycles. The molecule has 4 aliphatic carbocycles. The van der Waals surface area contributed by atoms with Gasteiger partial charge in [0.25, 0.3) is 0 Å². The topological polar surface area (TPSA) is 66.4 Å². The number of hydrogen-bond donors (Lipinski definition) is 2. The summed E-state index contributed by atoms with van der Waals surface area (Å²) >= 11 is 12.1. The minimum Gasteiger partial charge on any atom is -0.481 e. The molecule has 2 bridgehead atoms. The smallest absolute Gasteiger partial charge is 0.307 e. The highest BCUT2D eigenvalue weighted by Gasteiger charge is 2.62. The number of carboxylic acid groups (broad SMARTS) is 1. The van der Waals surface area contributed by atoms with Crippen molar-refractivity contribution in [3.05, 3.63) is 40.4 Å². The molecule has 0 aromatic heterocycles. The van der Waals surface area contributed by atoms with Crippen molar-refractivity contribution in [3.63, 3.8) is 0 Å². The molecule has 0 aliphatic heterocycles. The fourth-order valence-electron chi connectivity index (χ4n) is 4.39. The van der Waals surface area contributed by atoms with Gasteiger partial charge in [-0.3, -0.25) is 9.59 Å². The molecule has 23 heavy (non-hydrogen) atoms. The Morgan fingerprint density at radius 1 is 1.09 bits per heavy atom. The van der Waals surface area contributed by atoms with Crippen LogP contribution < -0.4 is 5.32 Å². The Bertz CT molecular complexity index is 733. The van der Waals surface area contributed by atoms with Crippen LogP contribution in [0.25, 0.3) is 0 Å². The first-order valence-electron chi connectivity index (χ1n) is 7.65. The average molecular weight is 352 g/mol. The van der Waals surface area contributed by atoms with Crippen LogP contribution >= 0.6 is 23.2 Å². The fraction of sp³-hybridized carbons (Fsp3) is 0.412. The van der Waals surface area contributed by atoms with Crippen LogP contribution in [0.15, 0.2) is 30.4 Å². The normalized spacial score (nSPS) is 36.4. The van der Waals surface area contributed by atoms with E-state index in [1.807, 2.05) is 12.2 Å². The first-order chi connectivity index (χ1) is 11.0. The van der Waals surface area contributed by atoms with Crippen molar-refractivity contribution in [1.29, 1.82) is 0 Å². The predicted octanol–water partition coefficient (Wildman–Crippen LogP) is 3.70. The second-order valence-electron chi connectivity index (χ2n) is 6.58. The van der Waals surface area contributed by atoms with E-state index in [4.69, 9.17) is 23.2 Å². The number of amides is 1. The molecule has 1 aromatic carbocycles. The highest BCUT2D eigenvalue weighted by atomic mass is 35.5. The number of nitrogens with one attached hydrogen (secondary N) is 1.